The number of rotatable bonds is 6. The first kappa shape index (κ1) is 11.1. The molecule has 5 nitrogen and oxygen atoms in total. The van der Waals surface area contributed by atoms with E-state index in [9.17, 15) is 4.79 Å². The normalized spacial score (nSPS) is 12.5. The largest absolute Gasteiger partial charge is 0.478 e. The molecule has 0 aromatic heterocycles. The number of nitrogens with one attached hydrogen (secondary N) is 1. The van der Waals surface area contributed by atoms with Crippen molar-refractivity contribution in [2.24, 2.45) is 0 Å². The number of hydrogen-bond acceptors (Lipinski definition) is 4. The highest BCUT2D eigenvalue weighted by Crippen LogP contribution is 1.86. The molecule has 0 aliphatic rings. The van der Waals surface area contributed by atoms with Gasteiger partial charge in [-0.15, -0.1) is 0 Å². The third-order valence-electron chi connectivity index (χ3n) is 1.23. The molecule has 0 aliphatic heterocycles. The smallest absolute Gasteiger partial charge is 0.332 e. The lowest BCUT2D eigenvalue weighted by molar-refractivity contribution is -0.132. The molecule has 0 heterocycles. The monoisotopic (exact) mass is 175 g/mol. The Morgan fingerprint density at radius 2 is 2.17 bits per heavy atom. The summed E-state index contributed by atoms with van der Waals surface area (Å²) in [5.41, 5.74) is 0.0279. The van der Waals surface area contributed by atoms with Gasteiger partial charge in [-0.25, -0.2) is 4.79 Å². The molecule has 0 aromatic rings. The van der Waals surface area contributed by atoms with Gasteiger partial charge in [0.25, 0.3) is 0 Å². The molecule has 70 valence electrons. The van der Waals surface area contributed by atoms with Gasteiger partial charge < -0.3 is 20.6 Å². The molecule has 1 atom stereocenters. The molecule has 1 unspecified atom stereocenters. The van der Waals surface area contributed by atoms with Gasteiger partial charge in [0.2, 0.25) is 0 Å². The second-order valence-electron chi connectivity index (χ2n) is 2.38. The number of carboxylic acid groups (broad SMARTS) is 1. The summed E-state index contributed by atoms with van der Waals surface area (Å²) in [6.45, 7) is 3.19. The molecule has 0 rings (SSSR count). The van der Waals surface area contributed by atoms with Crippen LogP contribution in [0.5, 0.6) is 0 Å². The summed E-state index contributed by atoms with van der Waals surface area (Å²) >= 11 is 0. The molecule has 0 spiro atoms. The summed E-state index contributed by atoms with van der Waals surface area (Å²) in [5, 5.41) is 28.2. The van der Waals surface area contributed by atoms with E-state index in [-0.39, 0.29) is 25.3 Å². The fraction of sp³-hybridized carbons (Fsp3) is 0.571. The zero-order valence-corrected chi connectivity index (χ0v) is 6.66. The van der Waals surface area contributed by atoms with Crippen LogP contribution in [0.15, 0.2) is 12.2 Å². The highest BCUT2D eigenvalue weighted by molar-refractivity contribution is 5.86. The van der Waals surface area contributed by atoms with E-state index in [2.05, 4.69) is 11.9 Å². The molecule has 0 bridgehead atoms. The number of carboxylic acids is 1. The van der Waals surface area contributed by atoms with Crippen LogP contribution in [0.1, 0.15) is 0 Å². The summed E-state index contributed by atoms with van der Waals surface area (Å²) in [5.74, 6) is -1.07. The maximum atomic E-state index is 10.2. The first-order chi connectivity index (χ1) is 5.57. The molecular weight excluding hydrogens is 162 g/mol. The van der Waals surface area contributed by atoms with E-state index in [0.29, 0.717) is 0 Å². The zero-order valence-electron chi connectivity index (χ0n) is 6.66. The molecule has 12 heavy (non-hydrogen) atoms. The molecule has 0 saturated heterocycles. The minimum Gasteiger partial charge on any atom is -0.478 e. The zero-order chi connectivity index (χ0) is 9.56. The van der Waals surface area contributed by atoms with Crippen molar-refractivity contribution >= 4 is 5.97 Å². The summed E-state index contributed by atoms with van der Waals surface area (Å²) in [4.78, 5) is 10.2. The van der Waals surface area contributed by atoms with Crippen molar-refractivity contribution in [3.8, 4) is 0 Å². The van der Waals surface area contributed by atoms with Crippen molar-refractivity contribution < 1.29 is 20.1 Å². The van der Waals surface area contributed by atoms with Crippen LogP contribution in [0.4, 0.5) is 0 Å². The van der Waals surface area contributed by atoms with Crippen molar-refractivity contribution in [3.05, 3.63) is 12.2 Å². The Hall–Kier alpha value is -0.910. The lowest BCUT2D eigenvalue weighted by Gasteiger charge is -2.07. The third kappa shape index (κ3) is 4.84. The van der Waals surface area contributed by atoms with E-state index >= 15 is 0 Å². The first-order valence-electron chi connectivity index (χ1n) is 3.48. The average Bonchev–Trinajstić information content (AvgIpc) is 2.03. The predicted octanol–water partition coefficient (Wildman–Crippen LogP) is -1.43. The summed E-state index contributed by atoms with van der Waals surface area (Å²) in [6, 6.07) is 0. The third-order valence-corrected chi connectivity index (χ3v) is 1.23. The number of aliphatic hydroxyl groups is 2. The van der Waals surface area contributed by atoms with Gasteiger partial charge in [-0.3, -0.25) is 0 Å². The summed E-state index contributed by atoms with van der Waals surface area (Å²) in [7, 11) is 0. The van der Waals surface area contributed by atoms with Gasteiger partial charge in [0, 0.05) is 18.7 Å². The standard InChI is InChI=1S/C7H13NO4/c1-5(7(11)12)2-8-3-6(10)4-9/h6,8-10H,1-4H2,(H,11,12). The van der Waals surface area contributed by atoms with Crippen LogP contribution in [0.2, 0.25) is 0 Å². The predicted molar refractivity (Wildman–Crippen MR) is 42.7 cm³/mol. The number of aliphatic hydroxyl groups excluding tert-OH is 2. The van der Waals surface area contributed by atoms with Crippen LogP contribution in [0.3, 0.4) is 0 Å². The maximum absolute atomic E-state index is 10.2. The Bertz CT molecular complexity index is 169. The molecular formula is C7H13NO4. The maximum Gasteiger partial charge on any atom is 0.332 e. The Labute approximate surface area is 70.3 Å². The van der Waals surface area contributed by atoms with E-state index < -0.39 is 12.1 Å². The van der Waals surface area contributed by atoms with Crippen LogP contribution < -0.4 is 5.32 Å². The van der Waals surface area contributed by atoms with Gasteiger partial charge in [0.15, 0.2) is 0 Å². The average molecular weight is 175 g/mol. The second kappa shape index (κ2) is 5.70. The van der Waals surface area contributed by atoms with Crippen LogP contribution in [0, 0.1) is 0 Å². The topological polar surface area (TPSA) is 89.8 Å². The Morgan fingerprint density at radius 3 is 2.58 bits per heavy atom. The molecule has 0 radical (unpaired) electrons. The number of aliphatic carboxylic acids is 1. The van der Waals surface area contributed by atoms with Gasteiger partial charge in [-0.1, -0.05) is 6.58 Å². The Balaban J connectivity index is 3.44. The summed E-state index contributed by atoms with van der Waals surface area (Å²) < 4.78 is 0. The van der Waals surface area contributed by atoms with Gasteiger partial charge in [0.1, 0.15) is 0 Å². The SMILES string of the molecule is C=C(CNCC(O)CO)C(=O)O. The van der Waals surface area contributed by atoms with Gasteiger partial charge in [-0.2, -0.15) is 0 Å². The minimum atomic E-state index is -1.07. The van der Waals surface area contributed by atoms with E-state index in [4.69, 9.17) is 15.3 Å². The lowest BCUT2D eigenvalue weighted by Crippen LogP contribution is -2.31. The fourth-order valence-corrected chi connectivity index (χ4v) is 0.530. The van der Waals surface area contributed by atoms with Crippen molar-refractivity contribution in [1.29, 1.82) is 0 Å². The van der Waals surface area contributed by atoms with Crippen molar-refractivity contribution in [3.63, 3.8) is 0 Å². The minimum absolute atomic E-state index is 0.0279. The number of hydrogen-bond donors (Lipinski definition) is 4. The Kier molecular flexibility index (Phi) is 5.27. The highest BCUT2D eigenvalue weighted by atomic mass is 16.4. The van der Waals surface area contributed by atoms with Gasteiger partial charge >= 0.3 is 5.97 Å². The molecule has 0 aliphatic carbocycles. The highest BCUT2D eigenvalue weighted by Gasteiger charge is 2.04. The second-order valence-corrected chi connectivity index (χ2v) is 2.38. The van der Waals surface area contributed by atoms with Crippen molar-refractivity contribution in [2.45, 2.75) is 6.10 Å². The quantitative estimate of drug-likeness (QED) is 0.372. The fourth-order valence-electron chi connectivity index (χ4n) is 0.530. The molecule has 0 saturated carbocycles. The first-order valence-corrected chi connectivity index (χ1v) is 3.48. The molecule has 5 heteroatoms. The van der Waals surface area contributed by atoms with Gasteiger partial charge in [0.05, 0.1) is 12.7 Å². The van der Waals surface area contributed by atoms with Crippen LogP contribution >= 0.6 is 0 Å². The van der Waals surface area contributed by atoms with Gasteiger partial charge in [-0.05, 0) is 0 Å². The Morgan fingerprint density at radius 1 is 1.58 bits per heavy atom. The van der Waals surface area contributed by atoms with E-state index in [1.54, 1.807) is 0 Å². The van der Waals surface area contributed by atoms with Crippen LogP contribution in [-0.4, -0.2) is 47.1 Å². The van der Waals surface area contributed by atoms with E-state index in [0.717, 1.165) is 0 Å². The molecule has 4 N–H and O–H groups in total. The number of carbonyl (C=O) groups is 1. The molecule has 0 amide bonds. The van der Waals surface area contributed by atoms with Crippen LogP contribution in [-0.2, 0) is 4.79 Å². The summed E-state index contributed by atoms with van der Waals surface area (Å²) in [6.07, 6.45) is -0.855. The van der Waals surface area contributed by atoms with E-state index in [1.165, 1.54) is 0 Å². The molecule has 0 aromatic carbocycles. The van der Waals surface area contributed by atoms with E-state index in [1.807, 2.05) is 0 Å². The van der Waals surface area contributed by atoms with Crippen LogP contribution in [0.25, 0.3) is 0 Å². The van der Waals surface area contributed by atoms with Crippen molar-refractivity contribution in [1.82, 2.24) is 5.32 Å². The van der Waals surface area contributed by atoms with Crippen molar-refractivity contribution in [2.75, 3.05) is 19.7 Å². The lowest BCUT2D eigenvalue weighted by atomic mass is 10.3. The molecule has 0 fully saturated rings.